The zero-order chi connectivity index (χ0) is 7.82. The van der Waals surface area contributed by atoms with Crippen LogP contribution in [0.1, 0.15) is 6.92 Å². The Kier molecular flexibility index (Phi) is 5.39. The van der Waals surface area contributed by atoms with E-state index in [1.54, 1.807) is 13.0 Å². The van der Waals surface area contributed by atoms with Crippen molar-refractivity contribution in [2.24, 2.45) is 0 Å². The van der Waals surface area contributed by atoms with Gasteiger partial charge in [-0.3, -0.25) is 0 Å². The summed E-state index contributed by atoms with van der Waals surface area (Å²) in [5.74, 6) is -0.433. The topological polar surface area (TPSA) is 59.3 Å². The molecule has 0 N–H and O–H groups in total. The zero-order valence-corrected chi connectivity index (χ0v) is 5.79. The molecule has 10 heavy (non-hydrogen) atoms. The lowest BCUT2D eigenvalue weighted by atomic mass is 10.7. The summed E-state index contributed by atoms with van der Waals surface area (Å²) in [5.41, 5.74) is 0. The van der Waals surface area contributed by atoms with Crippen molar-refractivity contribution in [2.75, 3.05) is 19.8 Å². The maximum atomic E-state index is 10.5. The molecule has 0 amide bonds. The van der Waals surface area contributed by atoms with Crippen molar-refractivity contribution in [3.63, 3.8) is 0 Å². The van der Waals surface area contributed by atoms with Crippen molar-refractivity contribution < 1.29 is 14.3 Å². The molecule has 0 heterocycles. The number of esters is 1. The van der Waals surface area contributed by atoms with Crippen molar-refractivity contribution in [3.05, 3.63) is 0 Å². The molecule has 4 heteroatoms. The highest BCUT2D eigenvalue weighted by molar-refractivity contribution is 5.70. The molecule has 0 saturated carbocycles. The molecule has 0 aromatic heterocycles. The van der Waals surface area contributed by atoms with Crippen LogP contribution in [0.25, 0.3) is 0 Å². The summed E-state index contributed by atoms with van der Waals surface area (Å²) < 4.78 is 9.08. The molecule has 0 aromatic rings. The average molecular weight is 143 g/mol. The van der Waals surface area contributed by atoms with Gasteiger partial charge < -0.3 is 9.47 Å². The van der Waals surface area contributed by atoms with Gasteiger partial charge >= 0.3 is 5.97 Å². The number of carbonyl (C=O) groups excluding carboxylic acids is 1. The molecule has 0 aliphatic rings. The first-order chi connectivity index (χ1) is 4.81. The van der Waals surface area contributed by atoms with Crippen molar-refractivity contribution in [2.45, 2.75) is 6.92 Å². The summed E-state index contributed by atoms with van der Waals surface area (Å²) in [7, 11) is 0. The standard InChI is InChI=1S/C6H9NO3/c1-2-10-6(8)5-9-4-3-7/h2,4-5H2,1H3. The van der Waals surface area contributed by atoms with Gasteiger partial charge in [-0.25, -0.2) is 4.79 Å². The Hall–Kier alpha value is -1.08. The lowest BCUT2D eigenvalue weighted by molar-refractivity contribution is -0.147. The van der Waals surface area contributed by atoms with Crippen LogP contribution in [0.5, 0.6) is 0 Å². The van der Waals surface area contributed by atoms with Crippen LogP contribution in [-0.2, 0) is 14.3 Å². The lowest BCUT2D eigenvalue weighted by Gasteiger charge is -1.98. The third-order valence-electron chi connectivity index (χ3n) is 0.692. The zero-order valence-electron chi connectivity index (χ0n) is 5.79. The van der Waals surface area contributed by atoms with Crippen LogP contribution >= 0.6 is 0 Å². The quantitative estimate of drug-likeness (QED) is 0.413. The minimum absolute atomic E-state index is 0.0706. The molecule has 56 valence electrons. The predicted molar refractivity (Wildman–Crippen MR) is 33.1 cm³/mol. The summed E-state index contributed by atoms with van der Waals surface area (Å²) >= 11 is 0. The highest BCUT2D eigenvalue weighted by Gasteiger charge is 1.98. The van der Waals surface area contributed by atoms with Crippen LogP contribution in [0.3, 0.4) is 0 Å². The van der Waals surface area contributed by atoms with Gasteiger partial charge in [0.15, 0.2) is 0 Å². The lowest BCUT2D eigenvalue weighted by Crippen LogP contribution is -2.12. The van der Waals surface area contributed by atoms with Crippen molar-refractivity contribution >= 4 is 5.97 Å². The van der Waals surface area contributed by atoms with Crippen molar-refractivity contribution in [1.82, 2.24) is 0 Å². The SMILES string of the molecule is CCOC(=O)COCC#N. The molecule has 0 aromatic carbocycles. The van der Waals surface area contributed by atoms with Crippen LogP contribution < -0.4 is 0 Å². The van der Waals surface area contributed by atoms with Crippen LogP contribution in [0, 0.1) is 11.3 Å². The summed E-state index contributed by atoms with van der Waals surface area (Å²) in [6, 6.07) is 1.74. The summed E-state index contributed by atoms with van der Waals surface area (Å²) in [5, 5.41) is 7.98. The molecular weight excluding hydrogens is 134 g/mol. The summed E-state index contributed by atoms with van der Waals surface area (Å²) in [6.07, 6.45) is 0. The first kappa shape index (κ1) is 8.92. The fourth-order valence-corrected chi connectivity index (χ4v) is 0.383. The Morgan fingerprint density at radius 3 is 2.90 bits per heavy atom. The number of rotatable bonds is 4. The van der Waals surface area contributed by atoms with Gasteiger partial charge in [0.1, 0.15) is 13.2 Å². The third-order valence-corrected chi connectivity index (χ3v) is 0.692. The van der Waals surface area contributed by atoms with E-state index in [2.05, 4.69) is 9.47 Å². The Morgan fingerprint density at radius 1 is 1.70 bits per heavy atom. The average Bonchev–Trinajstić information content (AvgIpc) is 1.89. The monoisotopic (exact) mass is 143 g/mol. The number of hydrogen-bond acceptors (Lipinski definition) is 4. The smallest absolute Gasteiger partial charge is 0.332 e. The van der Waals surface area contributed by atoms with E-state index in [9.17, 15) is 4.79 Å². The second kappa shape index (κ2) is 6.05. The summed E-state index contributed by atoms with van der Waals surface area (Å²) in [4.78, 5) is 10.5. The first-order valence-corrected chi connectivity index (χ1v) is 2.91. The molecule has 0 saturated heterocycles. The van der Waals surface area contributed by atoms with Gasteiger partial charge in [0.25, 0.3) is 0 Å². The highest BCUT2D eigenvalue weighted by Crippen LogP contribution is 1.79. The highest BCUT2D eigenvalue weighted by atomic mass is 16.6. The normalized spacial score (nSPS) is 8.40. The molecule has 0 bridgehead atoms. The van der Waals surface area contributed by atoms with Crippen LogP contribution in [0.15, 0.2) is 0 Å². The van der Waals surface area contributed by atoms with E-state index in [1.165, 1.54) is 0 Å². The Morgan fingerprint density at radius 2 is 2.40 bits per heavy atom. The number of hydrogen-bond donors (Lipinski definition) is 0. The molecule has 0 rings (SSSR count). The molecule has 4 nitrogen and oxygen atoms in total. The molecule has 0 fully saturated rings. The molecule has 0 aliphatic carbocycles. The van der Waals surface area contributed by atoms with Gasteiger partial charge in [-0.1, -0.05) is 0 Å². The Bertz CT molecular complexity index is 138. The van der Waals surface area contributed by atoms with Crippen LogP contribution in [-0.4, -0.2) is 25.8 Å². The predicted octanol–water partition coefficient (Wildman–Crippen LogP) is 0.0897. The van der Waals surface area contributed by atoms with Gasteiger partial charge in [0, 0.05) is 0 Å². The molecule has 0 unspecified atom stereocenters. The van der Waals surface area contributed by atoms with Crippen LogP contribution in [0.4, 0.5) is 0 Å². The number of ether oxygens (including phenoxy) is 2. The molecule has 0 aliphatic heterocycles. The first-order valence-electron chi connectivity index (χ1n) is 2.91. The van der Waals surface area contributed by atoms with Gasteiger partial charge in [-0.05, 0) is 6.92 Å². The summed E-state index contributed by atoms with van der Waals surface area (Å²) in [6.45, 7) is 1.84. The minimum atomic E-state index is -0.433. The molecule has 0 atom stereocenters. The van der Waals surface area contributed by atoms with Gasteiger partial charge in [-0.2, -0.15) is 5.26 Å². The maximum Gasteiger partial charge on any atom is 0.332 e. The van der Waals surface area contributed by atoms with Gasteiger partial charge in [-0.15, -0.1) is 0 Å². The van der Waals surface area contributed by atoms with E-state index in [1.807, 2.05) is 0 Å². The molecule has 0 radical (unpaired) electrons. The molecule has 0 spiro atoms. The van der Waals surface area contributed by atoms with E-state index in [4.69, 9.17) is 5.26 Å². The number of carbonyl (C=O) groups is 1. The van der Waals surface area contributed by atoms with Gasteiger partial charge in [0.05, 0.1) is 12.7 Å². The van der Waals surface area contributed by atoms with Crippen molar-refractivity contribution in [1.29, 1.82) is 5.26 Å². The van der Waals surface area contributed by atoms with Crippen LogP contribution in [0.2, 0.25) is 0 Å². The molecular formula is C6H9NO3. The van der Waals surface area contributed by atoms with E-state index in [0.717, 1.165) is 0 Å². The second-order valence-corrected chi connectivity index (χ2v) is 1.46. The minimum Gasteiger partial charge on any atom is -0.464 e. The second-order valence-electron chi connectivity index (χ2n) is 1.46. The van der Waals surface area contributed by atoms with E-state index in [-0.39, 0.29) is 13.2 Å². The van der Waals surface area contributed by atoms with Gasteiger partial charge in [0.2, 0.25) is 0 Å². The Labute approximate surface area is 59.3 Å². The number of nitriles is 1. The van der Waals surface area contributed by atoms with E-state index >= 15 is 0 Å². The number of nitrogens with zero attached hydrogens (tertiary/aromatic N) is 1. The maximum absolute atomic E-state index is 10.5. The van der Waals surface area contributed by atoms with Crippen molar-refractivity contribution in [3.8, 4) is 6.07 Å². The fourth-order valence-electron chi connectivity index (χ4n) is 0.383. The third kappa shape index (κ3) is 5.06. The fraction of sp³-hybridized carbons (Fsp3) is 0.667. The van der Waals surface area contributed by atoms with E-state index in [0.29, 0.717) is 6.61 Å². The largest absolute Gasteiger partial charge is 0.464 e. The van der Waals surface area contributed by atoms with E-state index < -0.39 is 5.97 Å². The Balaban J connectivity index is 3.15.